The van der Waals surface area contributed by atoms with Crippen LogP contribution in [0.1, 0.15) is 43.9 Å². The highest BCUT2D eigenvalue weighted by Crippen LogP contribution is 2.40. The molecule has 0 spiro atoms. The maximum atomic E-state index is 3.64. The molecule has 0 bridgehead atoms. The van der Waals surface area contributed by atoms with Gasteiger partial charge in [-0.1, -0.05) is 19.8 Å². The molecule has 1 aliphatic carbocycles. The molecule has 0 aromatic carbocycles. The second-order valence-electron chi connectivity index (χ2n) is 4.87. The average Bonchev–Trinajstić information content (AvgIpc) is 2.89. The third-order valence-electron chi connectivity index (χ3n) is 3.84. The molecule has 1 fully saturated rings. The maximum Gasteiger partial charge on any atom is 0.0701 e. The molecule has 0 atom stereocenters. The zero-order valence-electron chi connectivity index (χ0n) is 9.89. The molecular weight excluding hydrogens is 282 g/mol. The Bertz CT molecular complexity index is 328. The largest absolute Gasteiger partial charge is 0.311 e. The van der Waals surface area contributed by atoms with Crippen molar-refractivity contribution in [1.29, 1.82) is 0 Å². The molecule has 16 heavy (non-hydrogen) atoms. The lowest BCUT2D eigenvalue weighted by Gasteiger charge is -2.27. The van der Waals surface area contributed by atoms with Gasteiger partial charge in [-0.25, -0.2) is 0 Å². The number of hydrogen-bond acceptors (Lipinski definition) is 2. The number of nitrogens with one attached hydrogen (secondary N) is 1. The zero-order valence-corrected chi connectivity index (χ0v) is 12.3. The fraction of sp³-hybridized carbons (Fsp3) is 0.692. The fourth-order valence-corrected chi connectivity index (χ4v) is 4.13. The molecule has 1 aromatic heterocycles. The molecule has 1 aromatic rings. The first kappa shape index (κ1) is 12.6. The number of thiophene rings is 1. The molecule has 0 radical (unpaired) electrons. The van der Waals surface area contributed by atoms with Crippen LogP contribution in [0.4, 0.5) is 0 Å². The van der Waals surface area contributed by atoms with Crippen molar-refractivity contribution in [3.05, 3.63) is 20.8 Å². The summed E-state index contributed by atoms with van der Waals surface area (Å²) in [5, 5.41) is 3.64. The van der Waals surface area contributed by atoms with Crippen LogP contribution in [0, 0.1) is 5.41 Å². The van der Waals surface area contributed by atoms with Gasteiger partial charge in [0.25, 0.3) is 0 Å². The number of halogens is 1. The monoisotopic (exact) mass is 301 g/mol. The molecule has 3 heteroatoms. The van der Waals surface area contributed by atoms with Crippen LogP contribution in [-0.4, -0.2) is 6.54 Å². The first-order chi connectivity index (χ1) is 7.74. The van der Waals surface area contributed by atoms with Crippen molar-refractivity contribution in [2.24, 2.45) is 5.41 Å². The first-order valence-corrected chi connectivity index (χ1v) is 7.80. The van der Waals surface area contributed by atoms with E-state index in [2.05, 4.69) is 40.3 Å². The summed E-state index contributed by atoms with van der Waals surface area (Å²) < 4.78 is 1.23. The van der Waals surface area contributed by atoms with Crippen molar-refractivity contribution < 1.29 is 0 Å². The quantitative estimate of drug-likeness (QED) is 0.840. The summed E-state index contributed by atoms with van der Waals surface area (Å²) in [6.07, 6.45) is 7.03. The predicted octanol–water partition coefficient (Wildman–Crippen LogP) is 4.57. The third kappa shape index (κ3) is 3.08. The third-order valence-corrected chi connectivity index (χ3v) is 5.47. The molecule has 0 saturated heterocycles. The Morgan fingerprint density at radius 3 is 2.69 bits per heavy atom. The van der Waals surface area contributed by atoms with E-state index in [0.717, 1.165) is 6.54 Å². The van der Waals surface area contributed by atoms with Gasteiger partial charge in [0.1, 0.15) is 0 Å². The molecule has 1 heterocycles. The molecule has 1 saturated carbocycles. The van der Waals surface area contributed by atoms with E-state index in [4.69, 9.17) is 0 Å². The van der Waals surface area contributed by atoms with Gasteiger partial charge in [0.15, 0.2) is 0 Å². The molecule has 0 unspecified atom stereocenters. The van der Waals surface area contributed by atoms with E-state index in [1.165, 1.54) is 47.3 Å². The SMILES string of the molecule is CCC1(CNCc2ccc(Br)s2)CCCC1. The summed E-state index contributed by atoms with van der Waals surface area (Å²) in [5.41, 5.74) is 0.606. The molecular formula is C13H20BrNS. The second kappa shape index (κ2) is 5.65. The van der Waals surface area contributed by atoms with Gasteiger partial charge in [-0.3, -0.25) is 0 Å². The van der Waals surface area contributed by atoms with Crippen LogP contribution in [-0.2, 0) is 6.54 Å². The van der Waals surface area contributed by atoms with Crippen molar-refractivity contribution in [3.63, 3.8) is 0 Å². The van der Waals surface area contributed by atoms with Gasteiger partial charge in [-0.2, -0.15) is 0 Å². The summed E-state index contributed by atoms with van der Waals surface area (Å²) >= 11 is 5.34. The maximum absolute atomic E-state index is 3.64. The number of rotatable bonds is 5. The Balaban J connectivity index is 1.78. The molecule has 1 nitrogen and oxygen atoms in total. The van der Waals surface area contributed by atoms with Crippen LogP contribution in [0.2, 0.25) is 0 Å². The van der Waals surface area contributed by atoms with Crippen molar-refractivity contribution in [2.45, 2.75) is 45.6 Å². The van der Waals surface area contributed by atoms with Crippen LogP contribution < -0.4 is 5.32 Å². The highest BCUT2D eigenvalue weighted by atomic mass is 79.9. The van der Waals surface area contributed by atoms with Crippen molar-refractivity contribution in [2.75, 3.05) is 6.54 Å². The zero-order chi connectivity index (χ0) is 11.4. The molecule has 2 rings (SSSR count). The van der Waals surface area contributed by atoms with Crippen molar-refractivity contribution in [3.8, 4) is 0 Å². The van der Waals surface area contributed by atoms with E-state index in [1.807, 2.05) is 11.3 Å². The second-order valence-corrected chi connectivity index (χ2v) is 7.42. The Kier molecular flexibility index (Phi) is 4.45. The van der Waals surface area contributed by atoms with Gasteiger partial charge in [-0.15, -0.1) is 11.3 Å². The minimum Gasteiger partial charge on any atom is -0.311 e. The lowest BCUT2D eigenvalue weighted by Crippen LogP contribution is -2.31. The summed E-state index contributed by atoms with van der Waals surface area (Å²) in [5.74, 6) is 0. The van der Waals surface area contributed by atoms with Crippen LogP contribution in [0.3, 0.4) is 0 Å². The Labute approximate surface area is 111 Å². The highest BCUT2D eigenvalue weighted by molar-refractivity contribution is 9.11. The minimum atomic E-state index is 0.606. The first-order valence-electron chi connectivity index (χ1n) is 6.19. The van der Waals surface area contributed by atoms with Gasteiger partial charge in [0.2, 0.25) is 0 Å². The molecule has 1 aliphatic rings. The van der Waals surface area contributed by atoms with E-state index in [9.17, 15) is 0 Å². The fourth-order valence-electron chi connectivity index (χ4n) is 2.68. The predicted molar refractivity (Wildman–Crippen MR) is 74.9 cm³/mol. The highest BCUT2D eigenvalue weighted by Gasteiger charge is 2.31. The van der Waals surface area contributed by atoms with E-state index in [0.29, 0.717) is 5.41 Å². The van der Waals surface area contributed by atoms with E-state index in [1.54, 1.807) is 0 Å². The standard InChI is InChI=1S/C13H20BrNS/c1-2-13(7-3-4-8-13)10-15-9-11-5-6-12(14)16-11/h5-6,15H,2-4,7-10H2,1H3. The lowest BCUT2D eigenvalue weighted by atomic mass is 9.83. The summed E-state index contributed by atoms with van der Waals surface area (Å²) in [4.78, 5) is 1.43. The van der Waals surface area contributed by atoms with Gasteiger partial charge in [0, 0.05) is 18.0 Å². The van der Waals surface area contributed by atoms with Crippen molar-refractivity contribution >= 4 is 27.3 Å². The van der Waals surface area contributed by atoms with Gasteiger partial charge >= 0.3 is 0 Å². The van der Waals surface area contributed by atoms with Crippen LogP contribution in [0.15, 0.2) is 15.9 Å². The van der Waals surface area contributed by atoms with Gasteiger partial charge in [-0.05, 0) is 52.7 Å². The summed E-state index contributed by atoms with van der Waals surface area (Å²) in [6.45, 7) is 4.56. The van der Waals surface area contributed by atoms with Gasteiger partial charge in [0.05, 0.1) is 3.79 Å². The topological polar surface area (TPSA) is 12.0 Å². The normalized spacial score (nSPS) is 19.1. The van der Waals surface area contributed by atoms with E-state index >= 15 is 0 Å². The summed E-state index contributed by atoms with van der Waals surface area (Å²) in [6, 6.07) is 4.34. The Hall–Kier alpha value is 0.140. The van der Waals surface area contributed by atoms with E-state index in [-0.39, 0.29) is 0 Å². The minimum absolute atomic E-state index is 0.606. The lowest BCUT2D eigenvalue weighted by molar-refractivity contribution is 0.268. The van der Waals surface area contributed by atoms with Crippen LogP contribution in [0.5, 0.6) is 0 Å². The smallest absolute Gasteiger partial charge is 0.0701 e. The van der Waals surface area contributed by atoms with Crippen LogP contribution in [0.25, 0.3) is 0 Å². The van der Waals surface area contributed by atoms with E-state index < -0.39 is 0 Å². The van der Waals surface area contributed by atoms with Crippen molar-refractivity contribution in [1.82, 2.24) is 5.32 Å². The molecule has 0 amide bonds. The average molecular weight is 302 g/mol. The Morgan fingerprint density at radius 2 is 2.12 bits per heavy atom. The number of hydrogen-bond donors (Lipinski definition) is 1. The molecule has 1 N–H and O–H groups in total. The Morgan fingerprint density at radius 1 is 1.38 bits per heavy atom. The van der Waals surface area contributed by atoms with Gasteiger partial charge < -0.3 is 5.32 Å². The van der Waals surface area contributed by atoms with Crippen LogP contribution >= 0.6 is 27.3 Å². The summed E-state index contributed by atoms with van der Waals surface area (Å²) in [7, 11) is 0. The molecule has 0 aliphatic heterocycles. The molecule has 90 valence electrons.